The van der Waals surface area contributed by atoms with Crippen LogP contribution in [-0.2, 0) is 29.6 Å². The highest BCUT2D eigenvalue weighted by Gasteiger charge is 2.49. The van der Waals surface area contributed by atoms with Crippen molar-refractivity contribution in [3.05, 3.63) is 35.2 Å². The fraction of sp³-hybridized carbons (Fsp3) is 0.529. The monoisotopic (exact) mass is 370 g/mol. The van der Waals surface area contributed by atoms with Crippen molar-refractivity contribution < 1.29 is 22.1 Å². The molecule has 0 amide bonds. The Morgan fingerprint density at radius 1 is 1.21 bits per heavy atom. The minimum absolute atomic E-state index is 0.134. The number of rotatable bonds is 4. The van der Waals surface area contributed by atoms with Gasteiger partial charge in [-0.2, -0.15) is 8.42 Å². The van der Waals surface area contributed by atoms with Crippen LogP contribution in [0.5, 0.6) is 0 Å². The van der Waals surface area contributed by atoms with Gasteiger partial charge < -0.3 is 9.47 Å². The molecular weight excluding hydrogens is 348 g/mol. The van der Waals surface area contributed by atoms with E-state index < -0.39 is 22.0 Å². The van der Waals surface area contributed by atoms with Gasteiger partial charge in [-0.25, -0.2) is 0 Å². The lowest BCUT2D eigenvalue weighted by Crippen LogP contribution is -2.52. The van der Waals surface area contributed by atoms with E-state index in [9.17, 15) is 8.42 Å². The summed E-state index contributed by atoms with van der Waals surface area (Å²) in [7, 11) is -3.63. The van der Waals surface area contributed by atoms with Gasteiger partial charge >= 0.3 is 0 Å². The molecule has 2 aromatic rings. The first kappa shape index (κ1) is 17.8. The number of benzene rings is 1. The first-order valence-electron chi connectivity index (χ1n) is 7.77. The Labute approximate surface area is 146 Å². The van der Waals surface area contributed by atoms with Gasteiger partial charge in [0.25, 0.3) is 10.1 Å². The number of ether oxygens (including phenoxy) is 2. The fourth-order valence-corrected chi connectivity index (χ4v) is 4.64. The molecule has 0 N–H and O–H groups in total. The summed E-state index contributed by atoms with van der Waals surface area (Å²) in [6.45, 7) is 6.68. The highest BCUT2D eigenvalue weighted by molar-refractivity contribution is 7.86. The molecule has 7 heteroatoms. The summed E-state index contributed by atoms with van der Waals surface area (Å²) < 4.78 is 41.8. The molecule has 0 radical (unpaired) electrons. The van der Waals surface area contributed by atoms with Crippen LogP contribution in [0.25, 0.3) is 10.1 Å². The van der Waals surface area contributed by atoms with Crippen molar-refractivity contribution >= 4 is 31.5 Å². The summed E-state index contributed by atoms with van der Waals surface area (Å²) in [5.74, 6) is -1.22. The Morgan fingerprint density at radius 3 is 2.42 bits per heavy atom. The Balaban J connectivity index is 2.04. The Kier molecular flexibility index (Phi) is 4.51. The van der Waals surface area contributed by atoms with Crippen molar-refractivity contribution in [3.63, 3.8) is 0 Å². The van der Waals surface area contributed by atoms with Crippen LogP contribution in [0.15, 0.2) is 30.3 Å². The van der Waals surface area contributed by atoms with Crippen LogP contribution < -0.4 is 0 Å². The van der Waals surface area contributed by atoms with Crippen molar-refractivity contribution in [2.75, 3.05) is 19.5 Å². The van der Waals surface area contributed by atoms with E-state index in [2.05, 4.69) is 0 Å². The summed E-state index contributed by atoms with van der Waals surface area (Å²) in [6, 6.07) is 9.95. The average Bonchev–Trinajstić information content (AvgIpc) is 2.90. The minimum atomic E-state index is -3.63. The second-order valence-corrected chi connectivity index (χ2v) is 9.68. The van der Waals surface area contributed by atoms with Gasteiger partial charge in [0.15, 0.2) is 0 Å². The Hall–Kier alpha value is -0.990. The van der Waals surface area contributed by atoms with Crippen LogP contribution in [0.2, 0.25) is 0 Å². The summed E-state index contributed by atoms with van der Waals surface area (Å²) >= 11 is 1.53. The van der Waals surface area contributed by atoms with Crippen molar-refractivity contribution in [1.29, 1.82) is 0 Å². The summed E-state index contributed by atoms with van der Waals surface area (Å²) in [4.78, 5) is 0.815. The van der Waals surface area contributed by atoms with E-state index in [1.54, 1.807) is 6.92 Å². The van der Waals surface area contributed by atoms with Crippen molar-refractivity contribution in [2.24, 2.45) is 5.41 Å². The average molecular weight is 370 g/mol. The van der Waals surface area contributed by atoms with Gasteiger partial charge in [-0.3, -0.25) is 4.18 Å². The first-order chi connectivity index (χ1) is 11.1. The molecule has 0 aliphatic carbocycles. The molecule has 1 aromatic heterocycles. The minimum Gasteiger partial charge on any atom is -0.343 e. The second-order valence-electron chi connectivity index (χ2n) is 7.00. The van der Waals surface area contributed by atoms with Crippen LogP contribution in [0.3, 0.4) is 0 Å². The third-order valence-electron chi connectivity index (χ3n) is 3.98. The Bertz CT molecular complexity index is 795. The van der Waals surface area contributed by atoms with Gasteiger partial charge in [0.2, 0.25) is 5.79 Å². The van der Waals surface area contributed by atoms with Crippen molar-refractivity contribution in [3.8, 4) is 0 Å². The zero-order valence-corrected chi connectivity index (χ0v) is 15.9. The molecule has 5 nitrogen and oxygen atoms in total. The van der Waals surface area contributed by atoms with Gasteiger partial charge in [0, 0.05) is 10.1 Å². The quantitative estimate of drug-likeness (QED) is 0.771. The summed E-state index contributed by atoms with van der Waals surface area (Å²) in [5, 5.41) is 1.07. The second kappa shape index (κ2) is 6.07. The molecular formula is C17H22O5S2. The Morgan fingerprint density at radius 2 is 1.83 bits per heavy atom. The lowest BCUT2D eigenvalue weighted by molar-refractivity contribution is -0.334. The number of hydrogen-bond acceptors (Lipinski definition) is 6. The standard InChI is InChI=1S/C17H22O5S2/c1-12(22-24(4,18)19)17(20-10-16(2,3)11-21-17)15-9-13-7-5-6-8-14(13)23-15/h5-9,12H,10-11H2,1-4H3/t12-/m1/s1. The van der Waals surface area contributed by atoms with E-state index in [1.165, 1.54) is 11.3 Å². The SMILES string of the molecule is C[C@@H](OS(C)(=O)=O)C1(c2cc3ccccc3s2)OCC(C)(C)CO1. The maximum absolute atomic E-state index is 11.6. The molecule has 0 spiro atoms. The first-order valence-corrected chi connectivity index (χ1v) is 10.4. The number of fused-ring (bicyclic) bond motifs is 1. The molecule has 0 unspecified atom stereocenters. The van der Waals surface area contributed by atoms with E-state index in [0.717, 1.165) is 21.2 Å². The molecule has 132 valence electrons. The topological polar surface area (TPSA) is 61.8 Å². The van der Waals surface area contributed by atoms with Gasteiger partial charge in [0.05, 0.1) is 24.3 Å². The molecule has 1 atom stereocenters. The van der Waals surface area contributed by atoms with Gasteiger partial charge in [-0.15, -0.1) is 11.3 Å². The van der Waals surface area contributed by atoms with Gasteiger partial charge in [0.1, 0.15) is 6.10 Å². The number of hydrogen-bond donors (Lipinski definition) is 0. The van der Waals surface area contributed by atoms with E-state index in [4.69, 9.17) is 13.7 Å². The molecule has 1 aliphatic heterocycles. The molecule has 1 aromatic carbocycles. The van der Waals surface area contributed by atoms with E-state index in [0.29, 0.717) is 13.2 Å². The molecule has 3 rings (SSSR count). The third kappa shape index (κ3) is 3.50. The summed E-state index contributed by atoms with van der Waals surface area (Å²) in [6.07, 6.45) is 0.242. The smallest absolute Gasteiger partial charge is 0.264 e. The van der Waals surface area contributed by atoms with E-state index in [1.807, 2.05) is 44.2 Å². The van der Waals surface area contributed by atoms with Crippen LogP contribution in [0, 0.1) is 5.41 Å². The van der Waals surface area contributed by atoms with Crippen LogP contribution >= 0.6 is 11.3 Å². The molecule has 2 heterocycles. The van der Waals surface area contributed by atoms with Gasteiger partial charge in [-0.05, 0) is 24.4 Å². The number of thiophene rings is 1. The highest BCUT2D eigenvalue weighted by atomic mass is 32.2. The lowest BCUT2D eigenvalue weighted by Gasteiger charge is -2.45. The maximum Gasteiger partial charge on any atom is 0.264 e. The zero-order valence-electron chi connectivity index (χ0n) is 14.2. The zero-order chi connectivity index (χ0) is 17.6. The van der Waals surface area contributed by atoms with Crippen molar-refractivity contribution in [1.82, 2.24) is 0 Å². The molecule has 1 saturated heterocycles. The molecule has 1 aliphatic rings. The lowest BCUT2D eigenvalue weighted by atomic mass is 9.93. The van der Waals surface area contributed by atoms with E-state index >= 15 is 0 Å². The molecule has 0 saturated carbocycles. The van der Waals surface area contributed by atoms with Crippen LogP contribution in [-0.4, -0.2) is 34.0 Å². The summed E-state index contributed by atoms with van der Waals surface area (Å²) in [5.41, 5.74) is -0.134. The fourth-order valence-electron chi connectivity index (χ4n) is 2.74. The van der Waals surface area contributed by atoms with E-state index in [-0.39, 0.29) is 5.41 Å². The van der Waals surface area contributed by atoms with Gasteiger partial charge in [-0.1, -0.05) is 32.0 Å². The predicted molar refractivity (Wildman–Crippen MR) is 94.6 cm³/mol. The largest absolute Gasteiger partial charge is 0.343 e. The normalized spacial score (nSPS) is 21.7. The predicted octanol–water partition coefficient (Wildman–Crippen LogP) is 3.49. The van der Waals surface area contributed by atoms with Crippen LogP contribution in [0.1, 0.15) is 25.6 Å². The highest BCUT2D eigenvalue weighted by Crippen LogP contribution is 2.44. The third-order valence-corrected chi connectivity index (χ3v) is 5.83. The molecule has 1 fully saturated rings. The molecule has 24 heavy (non-hydrogen) atoms. The van der Waals surface area contributed by atoms with Crippen molar-refractivity contribution in [2.45, 2.75) is 32.7 Å². The maximum atomic E-state index is 11.6. The van der Waals surface area contributed by atoms with Crippen LogP contribution in [0.4, 0.5) is 0 Å². The molecule has 0 bridgehead atoms.